The van der Waals surface area contributed by atoms with Crippen molar-refractivity contribution in [1.29, 1.82) is 0 Å². The van der Waals surface area contributed by atoms with Crippen LogP contribution in [0.4, 0.5) is 0 Å². The van der Waals surface area contributed by atoms with Crippen molar-refractivity contribution < 1.29 is 9.15 Å². The van der Waals surface area contributed by atoms with Gasteiger partial charge in [0, 0.05) is 5.02 Å². The van der Waals surface area contributed by atoms with E-state index in [0.29, 0.717) is 43.9 Å². The van der Waals surface area contributed by atoms with E-state index in [1.165, 1.54) is 0 Å². The minimum atomic E-state index is 0.293. The lowest BCUT2D eigenvalue weighted by Crippen LogP contribution is -2.00. The molecule has 0 bridgehead atoms. The number of halogens is 3. The minimum Gasteiger partial charge on any atom is -0.490 e. The summed E-state index contributed by atoms with van der Waals surface area (Å²) in [6, 6.07) is 3.20. The molecule has 0 aliphatic carbocycles. The summed E-state index contributed by atoms with van der Waals surface area (Å²) in [7, 11) is 0. The lowest BCUT2D eigenvalue weighted by molar-refractivity contribution is 0.319. The maximum Gasteiger partial charge on any atom is 0.284 e. The third-order valence-corrected chi connectivity index (χ3v) is 4.33. The van der Waals surface area contributed by atoms with Gasteiger partial charge in [-0.1, -0.05) is 34.8 Å². The highest BCUT2D eigenvalue weighted by molar-refractivity contribution is 7.98. The number of H-pyrrole nitrogens is 1. The largest absolute Gasteiger partial charge is 0.490 e. The third-order valence-electron chi connectivity index (χ3n) is 2.35. The Kier molecular flexibility index (Phi) is 6.70. The van der Waals surface area contributed by atoms with E-state index in [1.54, 1.807) is 23.9 Å². The van der Waals surface area contributed by atoms with Crippen molar-refractivity contribution in [2.45, 2.75) is 12.2 Å². The maximum absolute atomic E-state index is 6.02. The monoisotopic (exact) mass is 384 g/mol. The zero-order chi connectivity index (χ0) is 15.2. The number of benzene rings is 1. The van der Waals surface area contributed by atoms with Gasteiger partial charge in [-0.2, -0.15) is 11.8 Å². The summed E-state index contributed by atoms with van der Waals surface area (Å²) >= 11 is 24.3. The molecule has 2 rings (SSSR count). The predicted octanol–water partition coefficient (Wildman–Crippen LogP) is 5.39. The van der Waals surface area contributed by atoms with Gasteiger partial charge in [-0.25, -0.2) is 5.10 Å². The molecule has 0 radical (unpaired) electrons. The summed E-state index contributed by atoms with van der Waals surface area (Å²) in [5.41, 5.74) is 0. The Morgan fingerprint density at radius 2 is 2.00 bits per heavy atom. The Hall–Kier alpha value is -0.400. The van der Waals surface area contributed by atoms with E-state index in [0.717, 1.165) is 12.2 Å². The van der Waals surface area contributed by atoms with Gasteiger partial charge < -0.3 is 9.15 Å². The highest BCUT2D eigenvalue weighted by Gasteiger charge is 2.09. The molecule has 0 amide bonds. The summed E-state index contributed by atoms with van der Waals surface area (Å²) in [6.07, 6.45) is 0.838. The van der Waals surface area contributed by atoms with Crippen molar-refractivity contribution in [3.05, 3.63) is 37.9 Å². The van der Waals surface area contributed by atoms with Crippen LogP contribution in [0.1, 0.15) is 12.3 Å². The van der Waals surface area contributed by atoms with E-state index in [4.69, 9.17) is 56.2 Å². The third kappa shape index (κ3) is 5.38. The summed E-state index contributed by atoms with van der Waals surface area (Å²) < 4.78 is 10.7. The Labute approximate surface area is 146 Å². The Morgan fingerprint density at radius 1 is 1.29 bits per heavy atom. The SMILES string of the molecule is S=c1[nH]nc(CSCCCOc2c(Cl)cc(Cl)cc2Cl)o1. The van der Waals surface area contributed by atoms with Gasteiger partial charge in [0.15, 0.2) is 5.75 Å². The molecule has 1 aromatic heterocycles. The van der Waals surface area contributed by atoms with Crippen LogP contribution in [0.25, 0.3) is 0 Å². The van der Waals surface area contributed by atoms with Crippen molar-refractivity contribution in [3.63, 3.8) is 0 Å². The fourth-order valence-electron chi connectivity index (χ4n) is 1.48. The highest BCUT2D eigenvalue weighted by atomic mass is 35.5. The van der Waals surface area contributed by atoms with Crippen molar-refractivity contribution >= 4 is 58.8 Å². The van der Waals surface area contributed by atoms with E-state index < -0.39 is 0 Å². The molecule has 0 spiro atoms. The number of nitrogens with one attached hydrogen (secondary N) is 1. The molecule has 0 saturated carbocycles. The molecule has 1 aromatic carbocycles. The molecule has 1 heterocycles. The number of ether oxygens (including phenoxy) is 1. The second-order valence-electron chi connectivity index (χ2n) is 3.96. The molecule has 0 aliphatic heterocycles. The lowest BCUT2D eigenvalue weighted by Gasteiger charge is -2.10. The molecule has 114 valence electrons. The Balaban J connectivity index is 1.69. The van der Waals surface area contributed by atoms with Crippen LogP contribution in [0.15, 0.2) is 16.5 Å². The molecule has 2 aromatic rings. The van der Waals surface area contributed by atoms with Crippen LogP contribution in [-0.2, 0) is 5.75 Å². The molecule has 0 unspecified atom stereocenters. The zero-order valence-electron chi connectivity index (χ0n) is 10.7. The molecular formula is C12H11Cl3N2O2S2. The molecule has 21 heavy (non-hydrogen) atoms. The van der Waals surface area contributed by atoms with Gasteiger partial charge >= 0.3 is 0 Å². The van der Waals surface area contributed by atoms with Crippen LogP contribution in [0, 0.1) is 4.84 Å². The van der Waals surface area contributed by atoms with Crippen LogP contribution >= 0.6 is 58.8 Å². The lowest BCUT2D eigenvalue weighted by atomic mass is 10.3. The first-order valence-corrected chi connectivity index (χ1v) is 8.65. The van der Waals surface area contributed by atoms with Gasteiger partial charge in [0.1, 0.15) is 0 Å². The minimum absolute atomic E-state index is 0.293. The van der Waals surface area contributed by atoms with Gasteiger partial charge in [-0.3, -0.25) is 0 Å². The van der Waals surface area contributed by atoms with Crippen LogP contribution in [0.2, 0.25) is 15.1 Å². The van der Waals surface area contributed by atoms with Gasteiger partial charge in [-0.15, -0.1) is 5.10 Å². The summed E-state index contributed by atoms with van der Waals surface area (Å²) in [6.45, 7) is 0.512. The van der Waals surface area contributed by atoms with Crippen LogP contribution in [0.5, 0.6) is 5.75 Å². The zero-order valence-corrected chi connectivity index (χ0v) is 14.6. The van der Waals surface area contributed by atoms with Gasteiger partial charge in [0.05, 0.1) is 22.4 Å². The second-order valence-corrected chi connectivity index (χ2v) is 6.69. The number of aromatic nitrogens is 2. The number of aromatic amines is 1. The average Bonchev–Trinajstić information content (AvgIpc) is 2.81. The maximum atomic E-state index is 6.02. The normalized spacial score (nSPS) is 10.8. The first-order valence-electron chi connectivity index (χ1n) is 5.95. The Bertz CT molecular complexity index is 637. The molecule has 1 N–H and O–H groups in total. The smallest absolute Gasteiger partial charge is 0.284 e. The van der Waals surface area contributed by atoms with Crippen molar-refractivity contribution in [2.75, 3.05) is 12.4 Å². The second kappa shape index (κ2) is 8.29. The molecule has 0 saturated heterocycles. The van der Waals surface area contributed by atoms with E-state index in [2.05, 4.69) is 10.2 Å². The molecule has 4 nitrogen and oxygen atoms in total. The first kappa shape index (κ1) is 17.0. The van der Waals surface area contributed by atoms with Crippen LogP contribution in [-0.4, -0.2) is 22.6 Å². The molecule has 9 heteroatoms. The summed E-state index contributed by atoms with van der Waals surface area (Å²) in [5, 5.41) is 7.80. The van der Waals surface area contributed by atoms with Gasteiger partial charge in [0.25, 0.3) is 4.84 Å². The first-order chi connectivity index (χ1) is 10.1. The van der Waals surface area contributed by atoms with Crippen LogP contribution < -0.4 is 4.74 Å². The Morgan fingerprint density at radius 3 is 2.62 bits per heavy atom. The number of nitrogens with zero attached hydrogens (tertiary/aromatic N) is 1. The number of thioether (sulfide) groups is 1. The molecular weight excluding hydrogens is 375 g/mol. The standard InChI is InChI=1S/C12H11Cl3N2O2S2/c13-7-4-8(14)11(9(15)5-7)18-2-1-3-21-6-10-16-17-12(20)19-10/h4-5H,1-3,6H2,(H,17,20). The number of hydrogen-bond acceptors (Lipinski definition) is 5. The summed E-state index contributed by atoms with van der Waals surface area (Å²) in [4.78, 5) is 0.293. The van der Waals surface area contributed by atoms with E-state index in [1.807, 2.05) is 0 Å². The number of rotatable bonds is 7. The fourth-order valence-corrected chi connectivity index (χ4v) is 3.32. The fraction of sp³-hybridized carbons (Fsp3) is 0.333. The molecule has 0 aliphatic rings. The molecule has 0 fully saturated rings. The van der Waals surface area contributed by atoms with E-state index in [9.17, 15) is 0 Å². The number of hydrogen-bond donors (Lipinski definition) is 1. The van der Waals surface area contributed by atoms with Gasteiger partial charge in [-0.05, 0) is 36.5 Å². The average molecular weight is 386 g/mol. The quantitative estimate of drug-likeness (QED) is 0.511. The van der Waals surface area contributed by atoms with Crippen LogP contribution in [0.3, 0.4) is 0 Å². The van der Waals surface area contributed by atoms with Crippen molar-refractivity contribution in [3.8, 4) is 5.75 Å². The van der Waals surface area contributed by atoms with E-state index in [-0.39, 0.29) is 0 Å². The topological polar surface area (TPSA) is 51.0 Å². The van der Waals surface area contributed by atoms with Crippen molar-refractivity contribution in [2.24, 2.45) is 0 Å². The van der Waals surface area contributed by atoms with E-state index >= 15 is 0 Å². The molecule has 0 atom stereocenters. The van der Waals surface area contributed by atoms with Gasteiger partial charge in [0.2, 0.25) is 5.89 Å². The summed E-state index contributed by atoms with van der Waals surface area (Å²) in [5.74, 6) is 2.61. The highest BCUT2D eigenvalue weighted by Crippen LogP contribution is 2.35. The predicted molar refractivity (Wildman–Crippen MR) is 89.4 cm³/mol. The van der Waals surface area contributed by atoms with Crippen molar-refractivity contribution in [1.82, 2.24) is 10.2 Å².